The molecule has 0 aliphatic carbocycles. The van der Waals surface area contributed by atoms with Crippen LogP contribution in [0.1, 0.15) is 25.5 Å². The lowest BCUT2D eigenvalue weighted by Crippen LogP contribution is -2.52. The molecule has 11 heteroatoms. The van der Waals surface area contributed by atoms with Crippen LogP contribution < -0.4 is 0 Å². The number of hydrogen-bond donors (Lipinski definition) is 0. The quantitative estimate of drug-likeness (QED) is 0.551. The highest BCUT2D eigenvalue weighted by atomic mass is 32.2. The number of amides is 1. The van der Waals surface area contributed by atoms with Crippen molar-refractivity contribution in [2.24, 2.45) is 5.92 Å². The maximum absolute atomic E-state index is 13.9. The summed E-state index contributed by atoms with van der Waals surface area (Å²) in [5, 5.41) is 9.27. The average molecular weight is 488 g/mol. The lowest BCUT2D eigenvalue weighted by atomic mass is 10.0. The fraction of sp³-hybridized carbons (Fsp3) is 0.348. The van der Waals surface area contributed by atoms with Gasteiger partial charge >= 0.3 is 0 Å². The first-order valence-electron chi connectivity index (χ1n) is 10.7. The van der Waals surface area contributed by atoms with Crippen LogP contribution >= 0.6 is 0 Å². The Kier molecular flexibility index (Phi) is 6.38. The molecule has 0 radical (unpaired) electrons. The minimum Gasteiger partial charge on any atom is -0.338 e. The van der Waals surface area contributed by atoms with Gasteiger partial charge in [0.15, 0.2) is 11.6 Å². The van der Waals surface area contributed by atoms with Crippen molar-refractivity contribution < 1.29 is 22.0 Å². The fourth-order valence-corrected chi connectivity index (χ4v) is 5.79. The van der Waals surface area contributed by atoms with Gasteiger partial charge in [-0.15, -0.1) is 0 Å². The molecule has 0 bridgehead atoms. The molecule has 0 saturated carbocycles. The normalized spacial score (nSPS) is 16.1. The number of carbonyl (C=O) groups excluding carboxylic acids is 1. The van der Waals surface area contributed by atoms with Gasteiger partial charge in [0.1, 0.15) is 12.1 Å². The number of carbonyl (C=O) groups is 1. The van der Waals surface area contributed by atoms with Crippen LogP contribution in [-0.4, -0.2) is 59.3 Å². The molecule has 34 heavy (non-hydrogen) atoms. The molecule has 0 N–H and O–H groups in total. The summed E-state index contributed by atoms with van der Waals surface area (Å²) in [6, 6.07) is 9.20. The second kappa shape index (κ2) is 9.12. The molecule has 0 spiro atoms. The number of aromatic nitrogens is 2. The largest absolute Gasteiger partial charge is 0.338 e. The minimum atomic E-state index is -3.89. The predicted octanol–water partition coefficient (Wildman–Crippen LogP) is 2.92. The fourth-order valence-electron chi connectivity index (χ4n) is 4.23. The number of nitriles is 1. The van der Waals surface area contributed by atoms with Crippen LogP contribution in [0.3, 0.4) is 0 Å². The lowest BCUT2D eigenvalue weighted by Gasteiger charge is -2.37. The summed E-state index contributed by atoms with van der Waals surface area (Å²) in [5.41, 5.74) is 0.612. The van der Waals surface area contributed by atoms with Gasteiger partial charge in [0.25, 0.3) is 0 Å². The van der Waals surface area contributed by atoms with Crippen LogP contribution in [-0.2, 0) is 14.8 Å². The molecule has 1 saturated heterocycles. The highest BCUT2D eigenvalue weighted by Gasteiger charge is 2.35. The van der Waals surface area contributed by atoms with Crippen molar-refractivity contribution in [3.8, 4) is 6.07 Å². The summed E-state index contributed by atoms with van der Waals surface area (Å²) >= 11 is 0. The molecule has 1 aliphatic rings. The van der Waals surface area contributed by atoms with E-state index in [1.807, 2.05) is 19.9 Å². The van der Waals surface area contributed by atoms with Crippen LogP contribution in [0, 0.1) is 28.9 Å². The van der Waals surface area contributed by atoms with Crippen LogP contribution in [0.25, 0.3) is 11.0 Å². The van der Waals surface area contributed by atoms with Crippen molar-refractivity contribution in [3.63, 3.8) is 0 Å². The van der Waals surface area contributed by atoms with Gasteiger partial charge in [0, 0.05) is 38.3 Å². The molecule has 3 aromatic rings. The third kappa shape index (κ3) is 4.15. The molecule has 8 nitrogen and oxygen atoms in total. The van der Waals surface area contributed by atoms with Crippen molar-refractivity contribution >= 4 is 27.0 Å². The SMILES string of the molecule is CC(C)C(C(=O)N1CCN(S(=O)(=O)c2ccccc2C#N)CC1)n1cnc2cc(F)c(F)cc21. The number of hydrogen-bond acceptors (Lipinski definition) is 5. The molecule has 178 valence electrons. The Morgan fingerprint density at radius 2 is 1.74 bits per heavy atom. The highest BCUT2D eigenvalue weighted by molar-refractivity contribution is 7.89. The van der Waals surface area contributed by atoms with E-state index in [4.69, 9.17) is 0 Å². The van der Waals surface area contributed by atoms with Gasteiger partial charge < -0.3 is 9.47 Å². The number of sulfonamides is 1. The Hall–Kier alpha value is -3.36. The summed E-state index contributed by atoms with van der Waals surface area (Å²) in [5.74, 6) is -2.49. The first-order chi connectivity index (χ1) is 16.1. The first kappa shape index (κ1) is 23.8. The summed E-state index contributed by atoms with van der Waals surface area (Å²) < 4.78 is 56.4. The topological polar surface area (TPSA) is 99.3 Å². The Labute approximate surface area is 196 Å². The van der Waals surface area contributed by atoms with Crippen molar-refractivity contribution in [2.45, 2.75) is 24.8 Å². The van der Waals surface area contributed by atoms with Crippen molar-refractivity contribution in [1.29, 1.82) is 5.26 Å². The van der Waals surface area contributed by atoms with E-state index in [9.17, 15) is 27.3 Å². The van der Waals surface area contributed by atoms with Gasteiger partial charge in [0.05, 0.1) is 27.8 Å². The standard InChI is InChI=1S/C23H23F2N5O3S/c1-15(2)22(30-14-27-19-11-17(24)18(25)12-20(19)30)23(31)28-7-9-29(10-8-28)34(32,33)21-6-4-3-5-16(21)13-26/h3-6,11-12,14-15,22H,7-10H2,1-2H3. The molecule has 2 heterocycles. The summed E-state index contributed by atoms with van der Waals surface area (Å²) in [6.45, 7) is 4.14. The molecule has 2 aromatic carbocycles. The lowest BCUT2D eigenvalue weighted by molar-refractivity contribution is -0.137. The number of benzene rings is 2. The number of fused-ring (bicyclic) bond motifs is 1. The minimum absolute atomic E-state index is 0.0588. The number of imidazole rings is 1. The molecule has 1 atom stereocenters. The molecule has 1 aromatic heterocycles. The Balaban J connectivity index is 1.55. The second-order valence-electron chi connectivity index (χ2n) is 8.43. The number of nitrogens with zero attached hydrogens (tertiary/aromatic N) is 5. The van der Waals surface area contributed by atoms with E-state index < -0.39 is 27.7 Å². The Morgan fingerprint density at radius 3 is 2.38 bits per heavy atom. The number of piperazine rings is 1. The van der Waals surface area contributed by atoms with Crippen LogP contribution in [0.2, 0.25) is 0 Å². The van der Waals surface area contributed by atoms with Crippen LogP contribution in [0.4, 0.5) is 8.78 Å². The zero-order valence-corrected chi connectivity index (χ0v) is 19.5. The smallest absolute Gasteiger partial charge is 0.246 e. The van der Waals surface area contributed by atoms with Gasteiger partial charge in [-0.25, -0.2) is 22.2 Å². The summed E-state index contributed by atoms with van der Waals surface area (Å²) in [7, 11) is -3.89. The van der Waals surface area contributed by atoms with Crippen LogP contribution in [0.5, 0.6) is 0 Å². The van der Waals surface area contributed by atoms with Gasteiger partial charge in [-0.2, -0.15) is 9.57 Å². The maximum atomic E-state index is 13.9. The van der Waals surface area contributed by atoms with E-state index in [1.165, 1.54) is 27.3 Å². The molecule has 1 unspecified atom stereocenters. The highest BCUT2D eigenvalue weighted by Crippen LogP contribution is 2.28. The van der Waals surface area contributed by atoms with E-state index in [0.29, 0.717) is 5.52 Å². The molecular weight excluding hydrogens is 464 g/mol. The molecule has 1 fully saturated rings. The molecule has 1 aliphatic heterocycles. The Bertz CT molecular complexity index is 1390. The third-order valence-corrected chi connectivity index (χ3v) is 7.93. The van der Waals surface area contributed by atoms with E-state index in [2.05, 4.69) is 4.98 Å². The van der Waals surface area contributed by atoms with Gasteiger partial charge in [-0.05, 0) is 18.1 Å². The summed E-state index contributed by atoms with van der Waals surface area (Å²) in [6.07, 6.45) is 1.39. The molecule has 1 amide bonds. The van der Waals surface area contributed by atoms with Gasteiger partial charge in [-0.1, -0.05) is 26.0 Å². The third-order valence-electron chi connectivity index (χ3n) is 5.98. The maximum Gasteiger partial charge on any atom is 0.246 e. The van der Waals surface area contributed by atoms with E-state index >= 15 is 0 Å². The molecule has 4 rings (SSSR count). The number of rotatable bonds is 5. The second-order valence-corrected chi connectivity index (χ2v) is 10.3. The number of halogens is 2. The van der Waals surface area contributed by atoms with E-state index in [0.717, 1.165) is 12.1 Å². The zero-order valence-electron chi connectivity index (χ0n) is 18.6. The van der Waals surface area contributed by atoms with Gasteiger partial charge in [0.2, 0.25) is 15.9 Å². The molecular formula is C23H23F2N5O3S. The zero-order chi connectivity index (χ0) is 24.6. The monoisotopic (exact) mass is 487 g/mol. The van der Waals surface area contributed by atoms with Crippen molar-refractivity contribution in [1.82, 2.24) is 18.8 Å². The Morgan fingerprint density at radius 1 is 1.09 bits per heavy atom. The van der Waals surface area contributed by atoms with Crippen LogP contribution in [0.15, 0.2) is 47.6 Å². The van der Waals surface area contributed by atoms with Gasteiger partial charge in [-0.3, -0.25) is 4.79 Å². The van der Waals surface area contributed by atoms with E-state index in [-0.39, 0.29) is 54.0 Å². The van der Waals surface area contributed by atoms with E-state index in [1.54, 1.807) is 17.0 Å². The average Bonchev–Trinajstić information content (AvgIpc) is 3.21. The first-order valence-corrected chi connectivity index (χ1v) is 12.2. The van der Waals surface area contributed by atoms with Crippen molar-refractivity contribution in [2.75, 3.05) is 26.2 Å². The predicted molar refractivity (Wildman–Crippen MR) is 120 cm³/mol. The summed E-state index contributed by atoms with van der Waals surface area (Å²) in [4.78, 5) is 19.1. The van der Waals surface area contributed by atoms with Crippen molar-refractivity contribution in [3.05, 3.63) is 59.9 Å².